The standard InChI is InChI=1S/C19H29N/c1-2-12-20-19-11-5-10-18(14-19)17-9-4-8-16(13-17)15-6-3-7-15/h4,8-9,13,15,18-20H,2-3,5-7,10-12,14H2,1H3. The fourth-order valence-corrected chi connectivity index (χ4v) is 3.83. The molecule has 2 aliphatic carbocycles. The lowest BCUT2D eigenvalue weighted by molar-refractivity contribution is 0.339. The molecule has 2 unspecified atom stereocenters. The van der Waals surface area contributed by atoms with Crippen LogP contribution in [0.15, 0.2) is 24.3 Å². The average molecular weight is 271 g/mol. The second kappa shape index (κ2) is 6.76. The summed E-state index contributed by atoms with van der Waals surface area (Å²) in [5.41, 5.74) is 3.22. The maximum atomic E-state index is 3.73. The Morgan fingerprint density at radius 1 is 1.00 bits per heavy atom. The lowest BCUT2D eigenvalue weighted by atomic mass is 9.77. The predicted molar refractivity (Wildman–Crippen MR) is 86.3 cm³/mol. The highest BCUT2D eigenvalue weighted by atomic mass is 14.9. The van der Waals surface area contributed by atoms with Crippen molar-refractivity contribution in [2.75, 3.05) is 6.54 Å². The van der Waals surface area contributed by atoms with Crippen molar-refractivity contribution >= 4 is 0 Å². The molecule has 2 fully saturated rings. The Bertz CT molecular complexity index is 422. The number of hydrogen-bond acceptors (Lipinski definition) is 1. The average Bonchev–Trinajstić information content (AvgIpc) is 2.44. The van der Waals surface area contributed by atoms with E-state index in [-0.39, 0.29) is 0 Å². The van der Waals surface area contributed by atoms with Gasteiger partial charge in [-0.15, -0.1) is 0 Å². The van der Waals surface area contributed by atoms with Gasteiger partial charge in [-0.1, -0.05) is 44.0 Å². The first-order chi connectivity index (χ1) is 9.86. The van der Waals surface area contributed by atoms with Gasteiger partial charge in [-0.2, -0.15) is 0 Å². The Morgan fingerprint density at radius 2 is 1.70 bits per heavy atom. The van der Waals surface area contributed by atoms with E-state index in [0.717, 1.165) is 17.9 Å². The second-order valence-electron chi connectivity index (χ2n) is 6.81. The molecule has 1 N–H and O–H groups in total. The summed E-state index contributed by atoms with van der Waals surface area (Å²) in [5, 5.41) is 3.73. The van der Waals surface area contributed by atoms with Crippen molar-refractivity contribution in [1.82, 2.24) is 5.32 Å². The third-order valence-electron chi connectivity index (χ3n) is 5.32. The molecule has 2 aliphatic rings. The lowest BCUT2D eigenvalue weighted by Gasteiger charge is -2.31. The highest BCUT2D eigenvalue weighted by Crippen LogP contribution is 2.39. The van der Waals surface area contributed by atoms with Crippen molar-refractivity contribution in [1.29, 1.82) is 0 Å². The Labute approximate surface area is 124 Å². The molecule has 20 heavy (non-hydrogen) atoms. The van der Waals surface area contributed by atoms with Gasteiger partial charge in [-0.25, -0.2) is 0 Å². The zero-order chi connectivity index (χ0) is 13.8. The molecular formula is C19H29N. The molecule has 1 heteroatoms. The highest BCUT2D eigenvalue weighted by molar-refractivity contribution is 5.30. The SMILES string of the molecule is CCCNC1CCCC(c2cccc(C3CCC3)c2)C1. The summed E-state index contributed by atoms with van der Waals surface area (Å²) in [6.07, 6.45) is 11.0. The number of hydrogen-bond donors (Lipinski definition) is 1. The minimum absolute atomic E-state index is 0.751. The summed E-state index contributed by atoms with van der Waals surface area (Å²) in [6.45, 7) is 3.44. The van der Waals surface area contributed by atoms with E-state index in [1.807, 2.05) is 0 Å². The van der Waals surface area contributed by atoms with Crippen molar-refractivity contribution in [2.45, 2.75) is 76.2 Å². The fourth-order valence-electron chi connectivity index (χ4n) is 3.83. The second-order valence-corrected chi connectivity index (χ2v) is 6.81. The molecule has 2 saturated carbocycles. The lowest BCUT2D eigenvalue weighted by Crippen LogP contribution is -2.34. The molecule has 0 saturated heterocycles. The first kappa shape index (κ1) is 14.1. The van der Waals surface area contributed by atoms with Crippen molar-refractivity contribution in [3.63, 3.8) is 0 Å². The smallest absolute Gasteiger partial charge is 0.00728 e. The van der Waals surface area contributed by atoms with Gasteiger partial charge in [0.05, 0.1) is 0 Å². The number of benzene rings is 1. The van der Waals surface area contributed by atoms with Crippen molar-refractivity contribution < 1.29 is 0 Å². The summed E-state index contributed by atoms with van der Waals surface area (Å²) in [4.78, 5) is 0. The van der Waals surface area contributed by atoms with E-state index in [4.69, 9.17) is 0 Å². The topological polar surface area (TPSA) is 12.0 Å². The van der Waals surface area contributed by atoms with Crippen LogP contribution in [-0.4, -0.2) is 12.6 Å². The van der Waals surface area contributed by atoms with Crippen molar-refractivity contribution in [3.05, 3.63) is 35.4 Å². The van der Waals surface area contributed by atoms with Gasteiger partial charge in [0.1, 0.15) is 0 Å². The van der Waals surface area contributed by atoms with Crippen molar-refractivity contribution in [2.24, 2.45) is 0 Å². The minimum Gasteiger partial charge on any atom is -0.314 e. The van der Waals surface area contributed by atoms with E-state index < -0.39 is 0 Å². The van der Waals surface area contributed by atoms with Gasteiger partial charge in [0.25, 0.3) is 0 Å². The summed E-state index contributed by atoms with van der Waals surface area (Å²) < 4.78 is 0. The zero-order valence-corrected chi connectivity index (χ0v) is 12.9. The molecule has 1 aromatic rings. The highest BCUT2D eigenvalue weighted by Gasteiger charge is 2.24. The van der Waals surface area contributed by atoms with Crippen molar-refractivity contribution in [3.8, 4) is 0 Å². The van der Waals surface area contributed by atoms with Crippen LogP contribution in [-0.2, 0) is 0 Å². The molecule has 0 aliphatic heterocycles. The zero-order valence-electron chi connectivity index (χ0n) is 12.9. The fraction of sp³-hybridized carbons (Fsp3) is 0.684. The quantitative estimate of drug-likeness (QED) is 0.796. The maximum absolute atomic E-state index is 3.73. The maximum Gasteiger partial charge on any atom is 0.00728 e. The van der Waals surface area contributed by atoms with Crippen LogP contribution in [0.5, 0.6) is 0 Å². The van der Waals surface area contributed by atoms with E-state index in [1.165, 1.54) is 57.9 Å². The van der Waals surface area contributed by atoms with Crippen LogP contribution in [0.1, 0.15) is 81.3 Å². The van der Waals surface area contributed by atoms with Gasteiger partial charge in [0.15, 0.2) is 0 Å². The molecule has 1 aromatic carbocycles. The number of rotatable bonds is 5. The summed E-state index contributed by atoms with van der Waals surface area (Å²) in [7, 11) is 0. The largest absolute Gasteiger partial charge is 0.314 e. The molecule has 2 atom stereocenters. The van der Waals surface area contributed by atoms with Gasteiger partial charge in [-0.3, -0.25) is 0 Å². The predicted octanol–water partition coefficient (Wildman–Crippen LogP) is 4.98. The van der Waals surface area contributed by atoms with Crippen LogP contribution >= 0.6 is 0 Å². The third kappa shape index (κ3) is 3.25. The minimum atomic E-state index is 0.751. The van der Waals surface area contributed by atoms with Crippen LogP contribution in [0.3, 0.4) is 0 Å². The van der Waals surface area contributed by atoms with Crippen LogP contribution in [0.25, 0.3) is 0 Å². The molecule has 1 nitrogen and oxygen atoms in total. The Balaban J connectivity index is 1.65. The summed E-state index contributed by atoms with van der Waals surface area (Å²) >= 11 is 0. The van der Waals surface area contributed by atoms with E-state index in [9.17, 15) is 0 Å². The first-order valence-electron chi connectivity index (χ1n) is 8.70. The Morgan fingerprint density at radius 3 is 2.40 bits per heavy atom. The van der Waals surface area contributed by atoms with Crippen LogP contribution in [0.2, 0.25) is 0 Å². The van der Waals surface area contributed by atoms with E-state index in [0.29, 0.717) is 0 Å². The van der Waals surface area contributed by atoms with E-state index >= 15 is 0 Å². The van der Waals surface area contributed by atoms with Gasteiger partial charge in [0, 0.05) is 6.04 Å². The molecule has 0 aromatic heterocycles. The molecular weight excluding hydrogens is 242 g/mol. The van der Waals surface area contributed by atoms with Gasteiger partial charge >= 0.3 is 0 Å². The van der Waals surface area contributed by atoms with Crippen LogP contribution < -0.4 is 5.32 Å². The van der Waals surface area contributed by atoms with Gasteiger partial charge in [0.2, 0.25) is 0 Å². The molecule has 0 spiro atoms. The third-order valence-corrected chi connectivity index (χ3v) is 5.32. The molecule has 3 rings (SSSR count). The van der Waals surface area contributed by atoms with Gasteiger partial charge in [-0.05, 0) is 68.0 Å². The monoisotopic (exact) mass is 271 g/mol. The summed E-state index contributed by atoms with van der Waals surface area (Å²) in [5.74, 6) is 1.66. The van der Waals surface area contributed by atoms with E-state index in [1.54, 1.807) is 11.1 Å². The molecule has 0 heterocycles. The first-order valence-corrected chi connectivity index (χ1v) is 8.70. The molecule has 0 bridgehead atoms. The van der Waals surface area contributed by atoms with E-state index in [2.05, 4.69) is 36.5 Å². The normalized spacial score (nSPS) is 27.2. The Kier molecular flexibility index (Phi) is 4.77. The Hall–Kier alpha value is -0.820. The number of nitrogens with one attached hydrogen (secondary N) is 1. The van der Waals surface area contributed by atoms with Crippen LogP contribution in [0.4, 0.5) is 0 Å². The molecule has 0 amide bonds. The van der Waals surface area contributed by atoms with Gasteiger partial charge < -0.3 is 5.32 Å². The molecule has 110 valence electrons. The summed E-state index contributed by atoms with van der Waals surface area (Å²) in [6, 6.07) is 10.3. The van der Waals surface area contributed by atoms with Crippen LogP contribution in [0, 0.1) is 0 Å². The molecule has 0 radical (unpaired) electrons.